The minimum atomic E-state index is -0.595. The quantitative estimate of drug-likeness (QED) is 0.561. The first-order valence-electron chi connectivity index (χ1n) is 8.49. The summed E-state index contributed by atoms with van der Waals surface area (Å²) in [6, 6.07) is 9.11. The van der Waals surface area contributed by atoms with E-state index < -0.39 is 11.7 Å². The zero-order valence-corrected chi connectivity index (χ0v) is 16.0. The molecule has 0 fully saturated rings. The molecule has 4 rings (SSSR count). The predicted molar refractivity (Wildman–Crippen MR) is 107 cm³/mol. The molecule has 0 bridgehead atoms. The first-order chi connectivity index (χ1) is 13.5. The van der Waals surface area contributed by atoms with Crippen molar-refractivity contribution in [3.05, 3.63) is 71.5 Å². The SMILES string of the molecule is Cc1sc(-c2ccncc2)cc1-c1cc(C(=O)Nc2ccncc2F)nn1C. The monoisotopic (exact) mass is 393 g/mol. The second kappa shape index (κ2) is 7.32. The van der Waals surface area contributed by atoms with Crippen molar-refractivity contribution in [1.82, 2.24) is 19.7 Å². The third-order valence-electron chi connectivity index (χ3n) is 4.29. The molecule has 8 heteroatoms. The van der Waals surface area contributed by atoms with Crippen molar-refractivity contribution in [3.8, 4) is 21.7 Å². The number of nitrogens with zero attached hydrogens (tertiary/aromatic N) is 4. The van der Waals surface area contributed by atoms with Gasteiger partial charge in [0.2, 0.25) is 0 Å². The topological polar surface area (TPSA) is 72.7 Å². The molecule has 0 saturated carbocycles. The molecule has 140 valence electrons. The van der Waals surface area contributed by atoms with Crippen LogP contribution in [0.1, 0.15) is 15.4 Å². The average Bonchev–Trinajstić information content (AvgIpc) is 3.27. The molecular weight excluding hydrogens is 377 g/mol. The maximum absolute atomic E-state index is 13.7. The molecule has 1 amide bonds. The lowest BCUT2D eigenvalue weighted by Crippen LogP contribution is -2.14. The van der Waals surface area contributed by atoms with Crippen LogP contribution in [0.5, 0.6) is 0 Å². The van der Waals surface area contributed by atoms with Crippen LogP contribution in [0.25, 0.3) is 21.7 Å². The Morgan fingerprint density at radius 2 is 1.89 bits per heavy atom. The number of pyridine rings is 2. The molecule has 0 unspecified atom stereocenters. The molecule has 0 aliphatic carbocycles. The lowest BCUT2D eigenvalue weighted by Gasteiger charge is -2.03. The average molecular weight is 393 g/mol. The maximum atomic E-state index is 13.7. The van der Waals surface area contributed by atoms with Crippen LogP contribution in [-0.4, -0.2) is 25.7 Å². The number of aromatic nitrogens is 4. The van der Waals surface area contributed by atoms with Gasteiger partial charge in [0.05, 0.1) is 17.6 Å². The molecule has 1 N–H and O–H groups in total. The summed E-state index contributed by atoms with van der Waals surface area (Å²) in [6.45, 7) is 2.03. The number of halogens is 1. The zero-order chi connectivity index (χ0) is 19.7. The van der Waals surface area contributed by atoms with Gasteiger partial charge in [-0.15, -0.1) is 11.3 Å². The van der Waals surface area contributed by atoms with E-state index in [2.05, 4.69) is 26.4 Å². The minimum absolute atomic E-state index is 0.0684. The third-order valence-corrected chi connectivity index (χ3v) is 5.39. The van der Waals surface area contributed by atoms with Crippen LogP contribution in [0, 0.1) is 12.7 Å². The van der Waals surface area contributed by atoms with Crippen LogP contribution in [0.2, 0.25) is 0 Å². The van der Waals surface area contributed by atoms with Gasteiger partial charge in [0.25, 0.3) is 5.91 Å². The van der Waals surface area contributed by atoms with Crippen LogP contribution < -0.4 is 5.32 Å². The predicted octanol–water partition coefficient (Wildman–Crippen LogP) is 4.31. The van der Waals surface area contributed by atoms with Crippen molar-refractivity contribution in [3.63, 3.8) is 0 Å². The van der Waals surface area contributed by atoms with Crippen LogP contribution >= 0.6 is 11.3 Å². The Labute approximate surface area is 164 Å². The van der Waals surface area contributed by atoms with Gasteiger partial charge in [-0.2, -0.15) is 5.10 Å². The highest BCUT2D eigenvalue weighted by Crippen LogP contribution is 2.36. The highest BCUT2D eigenvalue weighted by atomic mass is 32.1. The number of amides is 1. The molecule has 0 spiro atoms. The fraction of sp³-hybridized carbons (Fsp3) is 0.100. The standard InChI is InChI=1S/C20H16FN5OS/c1-12-14(9-19(28-12)13-3-6-22-7-4-13)18-10-17(25-26(18)2)20(27)24-16-5-8-23-11-15(16)21/h3-11H,1-2H3,(H,23,24,27). The summed E-state index contributed by atoms with van der Waals surface area (Å²) >= 11 is 1.67. The van der Waals surface area contributed by atoms with Gasteiger partial charge in [0, 0.05) is 41.0 Å². The molecule has 4 aromatic heterocycles. The van der Waals surface area contributed by atoms with E-state index in [-0.39, 0.29) is 11.4 Å². The van der Waals surface area contributed by atoms with E-state index in [0.29, 0.717) is 0 Å². The Kier molecular flexibility index (Phi) is 4.70. The fourth-order valence-electron chi connectivity index (χ4n) is 2.89. The van der Waals surface area contributed by atoms with Gasteiger partial charge in [0.1, 0.15) is 0 Å². The van der Waals surface area contributed by atoms with Gasteiger partial charge in [0.15, 0.2) is 11.5 Å². The molecule has 4 aromatic rings. The highest BCUT2D eigenvalue weighted by molar-refractivity contribution is 7.16. The van der Waals surface area contributed by atoms with E-state index in [4.69, 9.17) is 0 Å². The number of carbonyl (C=O) groups excluding carboxylic acids is 1. The number of hydrogen-bond donors (Lipinski definition) is 1. The largest absolute Gasteiger partial charge is 0.318 e. The van der Waals surface area contributed by atoms with Crippen LogP contribution in [0.15, 0.2) is 55.1 Å². The molecule has 0 aliphatic heterocycles. The van der Waals surface area contributed by atoms with Crippen molar-refractivity contribution < 1.29 is 9.18 Å². The minimum Gasteiger partial charge on any atom is -0.318 e. The first-order valence-corrected chi connectivity index (χ1v) is 9.30. The number of anilines is 1. The normalized spacial score (nSPS) is 10.8. The molecule has 0 aliphatic rings. The van der Waals surface area contributed by atoms with Crippen LogP contribution in [-0.2, 0) is 7.05 Å². The number of aryl methyl sites for hydroxylation is 2. The molecule has 0 atom stereocenters. The molecular formula is C20H16FN5OS. The Bertz CT molecular complexity index is 1150. The Hall–Kier alpha value is -3.39. The molecule has 0 radical (unpaired) electrons. The summed E-state index contributed by atoms with van der Waals surface area (Å²) < 4.78 is 15.4. The van der Waals surface area contributed by atoms with Crippen molar-refractivity contribution in [2.45, 2.75) is 6.92 Å². The first kappa shape index (κ1) is 18.0. The second-order valence-corrected chi connectivity index (χ2v) is 7.42. The van der Waals surface area contributed by atoms with Crippen molar-refractivity contribution in [2.24, 2.45) is 7.05 Å². The summed E-state index contributed by atoms with van der Waals surface area (Å²) in [4.78, 5) is 22.4. The molecule has 28 heavy (non-hydrogen) atoms. The van der Waals surface area contributed by atoms with Gasteiger partial charge in [-0.05, 0) is 42.8 Å². The van der Waals surface area contributed by atoms with Gasteiger partial charge in [-0.3, -0.25) is 19.4 Å². The Balaban J connectivity index is 1.64. The van der Waals surface area contributed by atoms with E-state index in [1.165, 1.54) is 12.3 Å². The van der Waals surface area contributed by atoms with Gasteiger partial charge < -0.3 is 5.32 Å². The van der Waals surface area contributed by atoms with Gasteiger partial charge >= 0.3 is 0 Å². The summed E-state index contributed by atoms with van der Waals surface area (Å²) in [7, 11) is 1.78. The van der Waals surface area contributed by atoms with E-state index in [1.54, 1.807) is 41.5 Å². The summed E-state index contributed by atoms with van der Waals surface area (Å²) in [5.41, 5.74) is 3.18. The summed E-state index contributed by atoms with van der Waals surface area (Å²) in [5, 5.41) is 6.83. The fourth-order valence-corrected chi connectivity index (χ4v) is 3.92. The zero-order valence-electron chi connectivity index (χ0n) is 15.2. The molecule has 6 nitrogen and oxygen atoms in total. The molecule has 0 aromatic carbocycles. The van der Waals surface area contributed by atoms with Crippen LogP contribution in [0.3, 0.4) is 0 Å². The molecule has 0 saturated heterocycles. The summed E-state index contributed by atoms with van der Waals surface area (Å²) in [5.74, 6) is -1.07. The highest BCUT2D eigenvalue weighted by Gasteiger charge is 2.18. The summed E-state index contributed by atoms with van der Waals surface area (Å²) in [6.07, 6.45) is 5.98. The lowest BCUT2D eigenvalue weighted by atomic mass is 10.1. The molecule has 4 heterocycles. The number of thiophene rings is 1. The Morgan fingerprint density at radius 3 is 2.64 bits per heavy atom. The number of carbonyl (C=O) groups is 1. The third kappa shape index (κ3) is 3.41. The van der Waals surface area contributed by atoms with Crippen LogP contribution in [0.4, 0.5) is 10.1 Å². The number of rotatable bonds is 4. The lowest BCUT2D eigenvalue weighted by molar-refractivity contribution is 0.102. The maximum Gasteiger partial charge on any atom is 0.276 e. The van der Waals surface area contributed by atoms with E-state index >= 15 is 0 Å². The van der Waals surface area contributed by atoms with Crippen molar-refractivity contribution >= 4 is 22.9 Å². The number of nitrogens with one attached hydrogen (secondary N) is 1. The Morgan fingerprint density at radius 1 is 1.14 bits per heavy atom. The van der Waals surface area contributed by atoms with E-state index in [1.807, 2.05) is 19.1 Å². The second-order valence-electron chi connectivity index (χ2n) is 6.16. The smallest absolute Gasteiger partial charge is 0.276 e. The number of hydrogen-bond acceptors (Lipinski definition) is 5. The van der Waals surface area contributed by atoms with Crippen molar-refractivity contribution in [2.75, 3.05) is 5.32 Å². The van der Waals surface area contributed by atoms with E-state index in [0.717, 1.165) is 32.8 Å². The van der Waals surface area contributed by atoms with Gasteiger partial charge in [-0.25, -0.2) is 4.39 Å². The van der Waals surface area contributed by atoms with Crippen molar-refractivity contribution in [1.29, 1.82) is 0 Å². The van der Waals surface area contributed by atoms with E-state index in [9.17, 15) is 9.18 Å². The van der Waals surface area contributed by atoms with Gasteiger partial charge in [-0.1, -0.05) is 0 Å².